The number of amides is 1. The van der Waals surface area contributed by atoms with Crippen molar-refractivity contribution in [2.75, 3.05) is 0 Å². The summed E-state index contributed by atoms with van der Waals surface area (Å²) in [6.45, 7) is 2.13. The van der Waals surface area contributed by atoms with E-state index in [0.717, 1.165) is 25.7 Å². The van der Waals surface area contributed by atoms with Gasteiger partial charge >= 0.3 is 5.97 Å². The van der Waals surface area contributed by atoms with Crippen molar-refractivity contribution < 1.29 is 14.7 Å². The minimum absolute atomic E-state index is 0.0132. The molecule has 2 fully saturated rings. The molecule has 4 heteroatoms. The third kappa shape index (κ3) is 3.03. The van der Waals surface area contributed by atoms with Crippen LogP contribution in [0.5, 0.6) is 0 Å². The molecule has 0 aliphatic heterocycles. The molecule has 2 N–H and O–H groups in total. The molecule has 18 heavy (non-hydrogen) atoms. The highest BCUT2D eigenvalue weighted by Gasteiger charge is 2.35. The van der Waals surface area contributed by atoms with Gasteiger partial charge < -0.3 is 10.4 Å². The third-order valence-corrected chi connectivity index (χ3v) is 4.58. The molecule has 0 bridgehead atoms. The Morgan fingerprint density at radius 2 is 1.56 bits per heavy atom. The maximum atomic E-state index is 12.2. The highest BCUT2D eigenvalue weighted by atomic mass is 16.4. The van der Waals surface area contributed by atoms with Gasteiger partial charge in [-0.05, 0) is 45.4 Å². The zero-order valence-electron chi connectivity index (χ0n) is 11.1. The fourth-order valence-electron chi connectivity index (χ4n) is 3.28. The predicted octanol–water partition coefficient (Wildman–Crippen LogP) is 2.33. The molecule has 102 valence electrons. The molecule has 2 saturated carbocycles. The fourth-order valence-corrected chi connectivity index (χ4v) is 3.28. The highest BCUT2D eigenvalue weighted by molar-refractivity contribution is 5.80. The van der Waals surface area contributed by atoms with E-state index in [9.17, 15) is 9.59 Å². The van der Waals surface area contributed by atoms with Crippen LogP contribution in [-0.2, 0) is 9.59 Å². The monoisotopic (exact) mass is 253 g/mol. The molecule has 0 aromatic rings. The van der Waals surface area contributed by atoms with Crippen LogP contribution in [0, 0.1) is 11.8 Å². The summed E-state index contributed by atoms with van der Waals surface area (Å²) in [6, 6.07) is 0. The van der Waals surface area contributed by atoms with Crippen molar-refractivity contribution in [3.63, 3.8) is 0 Å². The number of aliphatic carboxylic acids is 1. The number of carboxylic acids is 1. The van der Waals surface area contributed by atoms with Gasteiger partial charge in [0.2, 0.25) is 5.91 Å². The molecule has 2 rings (SSSR count). The summed E-state index contributed by atoms with van der Waals surface area (Å²) in [7, 11) is 0. The molecular weight excluding hydrogens is 230 g/mol. The summed E-state index contributed by atoms with van der Waals surface area (Å²) < 4.78 is 0. The van der Waals surface area contributed by atoms with E-state index in [0.29, 0.717) is 12.8 Å². The number of carbonyl (C=O) groups is 2. The summed E-state index contributed by atoms with van der Waals surface area (Å²) in [5, 5.41) is 12.1. The van der Waals surface area contributed by atoms with E-state index >= 15 is 0 Å². The largest absolute Gasteiger partial charge is 0.481 e. The van der Waals surface area contributed by atoms with Gasteiger partial charge in [-0.25, -0.2) is 0 Å². The van der Waals surface area contributed by atoms with E-state index in [1.807, 2.05) is 0 Å². The van der Waals surface area contributed by atoms with Crippen molar-refractivity contribution in [2.24, 2.45) is 11.8 Å². The number of hydrogen-bond donors (Lipinski definition) is 2. The van der Waals surface area contributed by atoms with E-state index in [1.54, 1.807) is 0 Å². The van der Waals surface area contributed by atoms with E-state index in [1.165, 1.54) is 12.8 Å². The second kappa shape index (κ2) is 5.29. The minimum atomic E-state index is -0.711. The van der Waals surface area contributed by atoms with Crippen molar-refractivity contribution in [1.29, 1.82) is 0 Å². The van der Waals surface area contributed by atoms with Crippen LogP contribution in [0.4, 0.5) is 0 Å². The molecular formula is C14H23NO3. The molecule has 0 heterocycles. The summed E-state index contributed by atoms with van der Waals surface area (Å²) in [4.78, 5) is 23.0. The van der Waals surface area contributed by atoms with Crippen LogP contribution in [0.15, 0.2) is 0 Å². The van der Waals surface area contributed by atoms with E-state index < -0.39 is 5.97 Å². The lowest BCUT2D eigenvalue weighted by molar-refractivity contribution is -0.144. The summed E-state index contributed by atoms with van der Waals surface area (Å²) >= 11 is 0. The van der Waals surface area contributed by atoms with Crippen LogP contribution in [0.1, 0.15) is 58.3 Å². The topological polar surface area (TPSA) is 66.4 Å². The summed E-state index contributed by atoms with van der Waals surface area (Å²) in [5.41, 5.74) is -0.0132. The van der Waals surface area contributed by atoms with E-state index in [-0.39, 0.29) is 23.3 Å². The van der Waals surface area contributed by atoms with Gasteiger partial charge in [0.25, 0.3) is 0 Å². The van der Waals surface area contributed by atoms with Crippen LogP contribution in [0.2, 0.25) is 0 Å². The third-order valence-electron chi connectivity index (χ3n) is 4.58. The fraction of sp³-hybridized carbons (Fsp3) is 0.857. The average molecular weight is 253 g/mol. The minimum Gasteiger partial charge on any atom is -0.481 e. The van der Waals surface area contributed by atoms with Gasteiger partial charge in [-0.3, -0.25) is 9.59 Å². The Morgan fingerprint density at radius 1 is 1.06 bits per heavy atom. The van der Waals surface area contributed by atoms with Crippen LogP contribution >= 0.6 is 0 Å². The van der Waals surface area contributed by atoms with Crippen LogP contribution < -0.4 is 5.32 Å². The zero-order chi connectivity index (χ0) is 13.2. The van der Waals surface area contributed by atoms with Crippen molar-refractivity contribution in [2.45, 2.75) is 63.8 Å². The molecule has 0 radical (unpaired) electrons. The van der Waals surface area contributed by atoms with Crippen LogP contribution in [0.25, 0.3) is 0 Å². The lowest BCUT2D eigenvalue weighted by atomic mass is 9.81. The van der Waals surface area contributed by atoms with Crippen LogP contribution in [0.3, 0.4) is 0 Å². The Kier molecular flexibility index (Phi) is 3.93. The first-order valence-electron chi connectivity index (χ1n) is 7.05. The van der Waals surface area contributed by atoms with Crippen molar-refractivity contribution in [3.05, 3.63) is 0 Å². The van der Waals surface area contributed by atoms with Gasteiger partial charge in [-0.1, -0.05) is 12.8 Å². The lowest BCUT2D eigenvalue weighted by Crippen LogP contribution is -2.47. The Morgan fingerprint density at radius 3 is 2.06 bits per heavy atom. The average Bonchev–Trinajstić information content (AvgIpc) is 2.76. The Hall–Kier alpha value is -1.06. The first-order valence-corrected chi connectivity index (χ1v) is 7.05. The molecule has 0 aromatic carbocycles. The Bertz CT molecular complexity index is 326. The molecule has 0 atom stereocenters. The van der Waals surface area contributed by atoms with Crippen molar-refractivity contribution >= 4 is 11.9 Å². The maximum Gasteiger partial charge on any atom is 0.306 e. The standard InChI is InChI=1S/C14H23NO3/c1-14(8-2-3-9-14)15-12(16)10-4-6-11(7-5-10)13(17)18/h10-11H,2-9H2,1H3,(H,15,16)(H,17,18). The normalized spacial score (nSPS) is 30.9. The van der Waals surface area contributed by atoms with Crippen molar-refractivity contribution in [3.8, 4) is 0 Å². The first-order chi connectivity index (χ1) is 8.50. The number of nitrogens with one attached hydrogen (secondary N) is 1. The molecule has 2 aliphatic carbocycles. The van der Waals surface area contributed by atoms with Gasteiger partial charge in [-0.15, -0.1) is 0 Å². The van der Waals surface area contributed by atoms with Gasteiger partial charge in [0.05, 0.1) is 5.92 Å². The second-order valence-electron chi connectivity index (χ2n) is 6.14. The molecule has 0 spiro atoms. The van der Waals surface area contributed by atoms with Gasteiger partial charge in [-0.2, -0.15) is 0 Å². The maximum absolute atomic E-state index is 12.2. The predicted molar refractivity (Wildman–Crippen MR) is 68.1 cm³/mol. The Labute approximate surface area is 108 Å². The van der Waals surface area contributed by atoms with E-state index in [2.05, 4.69) is 12.2 Å². The lowest BCUT2D eigenvalue weighted by Gasteiger charge is -2.31. The van der Waals surface area contributed by atoms with Gasteiger partial charge in [0.15, 0.2) is 0 Å². The molecule has 0 aromatic heterocycles. The molecule has 2 aliphatic rings. The van der Waals surface area contributed by atoms with E-state index in [4.69, 9.17) is 5.11 Å². The summed E-state index contributed by atoms with van der Waals surface area (Å²) in [6.07, 6.45) is 7.27. The number of rotatable bonds is 3. The molecule has 0 unspecified atom stereocenters. The molecule has 0 saturated heterocycles. The number of hydrogen-bond acceptors (Lipinski definition) is 2. The van der Waals surface area contributed by atoms with Gasteiger partial charge in [0, 0.05) is 11.5 Å². The molecule has 4 nitrogen and oxygen atoms in total. The SMILES string of the molecule is CC1(NC(=O)C2CCC(C(=O)O)CC2)CCCC1. The first kappa shape index (κ1) is 13.4. The van der Waals surface area contributed by atoms with Crippen LogP contribution in [-0.4, -0.2) is 22.5 Å². The summed E-state index contributed by atoms with van der Waals surface area (Å²) in [5.74, 6) is -0.783. The van der Waals surface area contributed by atoms with Gasteiger partial charge in [0.1, 0.15) is 0 Å². The Balaban J connectivity index is 1.82. The highest BCUT2D eigenvalue weighted by Crippen LogP contribution is 2.32. The quantitative estimate of drug-likeness (QED) is 0.811. The van der Waals surface area contributed by atoms with Crippen molar-refractivity contribution in [1.82, 2.24) is 5.32 Å². The smallest absolute Gasteiger partial charge is 0.306 e. The second-order valence-corrected chi connectivity index (χ2v) is 6.14. The molecule has 1 amide bonds. The zero-order valence-corrected chi connectivity index (χ0v) is 11.1. The number of carboxylic acid groups (broad SMARTS) is 1. The number of carbonyl (C=O) groups excluding carboxylic acids is 1.